The predicted octanol–water partition coefficient (Wildman–Crippen LogP) is 1.95. The van der Waals surface area contributed by atoms with Gasteiger partial charge in [0, 0.05) is 45.7 Å². The highest BCUT2D eigenvalue weighted by molar-refractivity contribution is 5.96. The van der Waals surface area contributed by atoms with Gasteiger partial charge in [-0.15, -0.1) is 0 Å². The third-order valence-electron chi connectivity index (χ3n) is 6.36. The van der Waals surface area contributed by atoms with E-state index in [1.54, 1.807) is 4.90 Å². The number of carbonyl (C=O) groups is 2. The van der Waals surface area contributed by atoms with Crippen molar-refractivity contribution in [3.8, 4) is 0 Å². The van der Waals surface area contributed by atoms with E-state index in [4.69, 9.17) is 0 Å². The molecule has 1 N–H and O–H groups in total. The lowest BCUT2D eigenvalue weighted by Crippen LogP contribution is -2.56. The second-order valence-corrected chi connectivity index (χ2v) is 8.52. The molecule has 0 radical (unpaired) electrons. The highest BCUT2D eigenvalue weighted by Gasteiger charge is 2.33. The zero-order valence-corrected chi connectivity index (χ0v) is 18.3. The number of nitrogens with one attached hydrogen (secondary N) is 1. The molecule has 0 bridgehead atoms. The highest BCUT2D eigenvalue weighted by atomic mass is 16.2. The topological polar surface area (TPSA) is 73.7 Å². The first kappa shape index (κ1) is 20.5. The van der Waals surface area contributed by atoms with Gasteiger partial charge < -0.3 is 19.7 Å². The van der Waals surface area contributed by atoms with Crippen LogP contribution in [0.15, 0.2) is 54.6 Å². The summed E-state index contributed by atoms with van der Waals surface area (Å²) in [7, 11) is 2.06. The molecule has 32 heavy (non-hydrogen) atoms. The van der Waals surface area contributed by atoms with Crippen LogP contribution in [-0.4, -0.2) is 77.1 Å². The van der Waals surface area contributed by atoms with Crippen molar-refractivity contribution in [3.05, 3.63) is 60.2 Å². The molecule has 1 atom stereocenters. The van der Waals surface area contributed by atoms with Gasteiger partial charge in [0.1, 0.15) is 6.04 Å². The maximum atomic E-state index is 13.4. The smallest absolute Gasteiger partial charge is 0.324 e. The number of hydrogen-bond donors (Lipinski definition) is 1. The van der Waals surface area contributed by atoms with Crippen LogP contribution >= 0.6 is 0 Å². The maximum absolute atomic E-state index is 13.4. The molecular formula is C24H28N6O2. The molecule has 0 saturated carbocycles. The molecule has 3 amide bonds. The first-order valence-electron chi connectivity index (χ1n) is 11.1. The number of para-hydroxylation sites is 2. The number of rotatable bonds is 4. The fraction of sp³-hybridized carbons (Fsp3) is 0.375. The fourth-order valence-electron chi connectivity index (χ4n) is 4.51. The molecular weight excluding hydrogens is 404 g/mol. The SMILES string of the molecule is CN1CCN(C(=O)C(Cc2ccccc2)NC(=O)N2CCn3c2nc2ccccc23)CC1. The van der Waals surface area contributed by atoms with Crippen LogP contribution in [0.25, 0.3) is 11.0 Å². The molecule has 1 saturated heterocycles. The minimum atomic E-state index is -0.619. The van der Waals surface area contributed by atoms with Crippen molar-refractivity contribution in [2.24, 2.45) is 0 Å². The number of benzene rings is 2. The van der Waals surface area contributed by atoms with Crippen LogP contribution in [0.4, 0.5) is 10.7 Å². The number of anilines is 1. The first-order valence-corrected chi connectivity index (χ1v) is 11.1. The Labute approximate surface area is 187 Å². The highest BCUT2D eigenvalue weighted by Crippen LogP contribution is 2.27. The van der Waals surface area contributed by atoms with Crippen LogP contribution in [0.1, 0.15) is 5.56 Å². The van der Waals surface area contributed by atoms with Gasteiger partial charge in [0.2, 0.25) is 11.9 Å². The third-order valence-corrected chi connectivity index (χ3v) is 6.36. The standard InChI is InChI=1S/C24H28N6O2/c1-27-11-13-28(14-12-27)22(31)20(17-18-7-3-2-4-8-18)26-24(32)30-16-15-29-21-10-6-5-9-19(21)25-23(29)30/h2-10,20H,11-17H2,1H3,(H,26,32). The molecule has 166 valence electrons. The van der Waals surface area contributed by atoms with Gasteiger partial charge in [-0.3, -0.25) is 9.69 Å². The first-order chi connectivity index (χ1) is 15.6. The molecule has 1 unspecified atom stereocenters. The van der Waals surface area contributed by atoms with E-state index in [0.29, 0.717) is 38.5 Å². The van der Waals surface area contributed by atoms with Gasteiger partial charge in [-0.1, -0.05) is 42.5 Å². The lowest BCUT2D eigenvalue weighted by Gasteiger charge is -2.35. The number of nitrogens with zero attached hydrogens (tertiary/aromatic N) is 5. The van der Waals surface area contributed by atoms with Gasteiger partial charge in [-0.25, -0.2) is 9.78 Å². The van der Waals surface area contributed by atoms with E-state index in [2.05, 4.69) is 26.8 Å². The van der Waals surface area contributed by atoms with Crippen molar-refractivity contribution in [1.29, 1.82) is 0 Å². The van der Waals surface area contributed by atoms with Crippen LogP contribution < -0.4 is 10.2 Å². The summed E-state index contributed by atoms with van der Waals surface area (Å²) in [5.74, 6) is 0.609. The third kappa shape index (κ3) is 3.93. The summed E-state index contributed by atoms with van der Waals surface area (Å²) < 4.78 is 2.06. The molecule has 3 heterocycles. The quantitative estimate of drug-likeness (QED) is 0.684. The van der Waals surface area contributed by atoms with E-state index < -0.39 is 6.04 Å². The monoisotopic (exact) mass is 432 g/mol. The minimum absolute atomic E-state index is 0.0250. The summed E-state index contributed by atoms with van der Waals surface area (Å²) in [6.45, 7) is 4.27. The summed E-state index contributed by atoms with van der Waals surface area (Å²) in [5.41, 5.74) is 2.91. The maximum Gasteiger partial charge on any atom is 0.324 e. The number of aromatic nitrogens is 2. The summed E-state index contributed by atoms with van der Waals surface area (Å²) in [4.78, 5) is 37.1. The van der Waals surface area contributed by atoms with Gasteiger partial charge >= 0.3 is 6.03 Å². The van der Waals surface area contributed by atoms with E-state index in [1.807, 2.05) is 59.5 Å². The van der Waals surface area contributed by atoms with Crippen molar-refractivity contribution in [1.82, 2.24) is 24.7 Å². The lowest BCUT2D eigenvalue weighted by atomic mass is 10.0. The molecule has 3 aromatic rings. The second-order valence-electron chi connectivity index (χ2n) is 8.52. The number of urea groups is 1. The molecule has 2 aliphatic rings. The molecule has 2 aromatic carbocycles. The largest absolute Gasteiger partial charge is 0.338 e. The molecule has 8 nitrogen and oxygen atoms in total. The van der Waals surface area contributed by atoms with Gasteiger partial charge in [-0.2, -0.15) is 0 Å². The molecule has 0 aliphatic carbocycles. The number of hydrogen-bond acceptors (Lipinski definition) is 4. The van der Waals surface area contributed by atoms with Crippen molar-refractivity contribution in [2.45, 2.75) is 19.0 Å². The molecule has 8 heteroatoms. The summed E-state index contributed by atoms with van der Waals surface area (Å²) >= 11 is 0. The molecule has 1 aromatic heterocycles. The van der Waals surface area contributed by atoms with Crippen molar-refractivity contribution < 1.29 is 9.59 Å². The normalized spacial score (nSPS) is 17.4. The van der Waals surface area contributed by atoms with Gasteiger partial charge in [0.25, 0.3) is 0 Å². The average molecular weight is 433 g/mol. The number of carbonyl (C=O) groups excluding carboxylic acids is 2. The Morgan fingerprint density at radius 2 is 1.66 bits per heavy atom. The van der Waals surface area contributed by atoms with E-state index in [1.165, 1.54) is 0 Å². The Kier molecular flexibility index (Phi) is 5.53. The number of amides is 3. The van der Waals surface area contributed by atoms with Crippen LogP contribution in [0, 0.1) is 0 Å². The number of piperazine rings is 1. The lowest BCUT2D eigenvalue weighted by molar-refractivity contribution is -0.134. The zero-order chi connectivity index (χ0) is 22.1. The Morgan fingerprint density at radius 3 is 2.44 bits per heavy atom. The van der Waals surface area contributed by atoms with E-state index in [0.717, 1.165) is 29.7 Å². The molecule has 0 spiro atoms. The Hall–Kier alpha value is -3.39. The Morgan fingerprint density at radius 1 is 0.938 bits per heavy atom. The Balaban J connectivity index is 1.36. The Bertz CT molecular complexity index is 1120. The summed E-state index contributed by atoms with van der Waals surface area (Å²) in [6.07, 6.45) is 0.460. The van der Waals surface area contributed by atoms with E-state index >= 15 is 0 Å². The van der Waals surface area contributed by atoms with E-state index in [9.17, 15) is 9.59 Å². The van der Waals surface area contributed by atoms with Crippen molar-refractivity contribution in [2.75, 3.05) is 44.7 Å². The van der Waals surface area contributed by atoms with E-state index in [-0.39, 0.29) is 11.9 Å². The molecule has 2 aliphatic heterocycles. The van der Waals surface area contributed by atoms with Crippen LogP contribution in [0.5, 0.6) is 0 Å². The van der Waals surface area contributed by atoms with Crippen molar-refractivity contribution in [3.63, 3.8) is 0 Å². The van der Waals surface area contributed by atoms with Crippen LogP contribution in [0.2, 0.25) is 0 Å². The predicted molar refractivity (Wildman–Crippen MR) is 124 cm³/mol. The van der Waals surface area contributed by atoms with Crippen LogP contribution in [0.3, 0.4) is 0 Å². The number of likely N-dealkylation sites (N-methyl/N-ethyl adjacent to an activating group) is 1. The minimum Gasteiger partial charge on any atom is -0.338 e. The van der Waals surface area contributed by atoms with Crippen LogP contribution in [-0.2, 0) is 17.8 Å². The number of imidazole rings is 1. The molecule has 5 rings (SSSR count). The molecule has 1 fully saturated rings. The summed E-state index contributed by atoms with van der Waals surface area (Å²) in [6, 6.07) is 16.8. The van der Waals surface area contributed by atoms with Gasteiger partial charge in [-0.05, 0) is 24.7 Å². The fourth-order valence-corrected chi connectivity index (χ4v) is 4.51. The van der Waals surface area contributed by atoms with Gasteiger partial charge in [0.05, 0.1) is 11.0 Å². The second kappa shape index (κ2) is 8.63. The zero-order valence-electron chi connectivity index (χ0n) is 18.3. The van der Waals surface area contributed by atoms with Crippen molar-refractivity contribution >= 4 is 28.9 Å². The van der Waals surface area contributed by atoms with Gasteiger partial charge in [0.15, 0.2) is 0 Å². The summed E-state index contributed by atoms with van der Waals surface area (Å²) in [5, 5.41) is 3.03. The average Bonchev–Trinajstić information content (AvgIpc) is 3.39. The number of fused-ring (bicyclic) bond motifs is 3.